The summed E-state index contributed by atoms with van der Waals surface area (Å²) in [5, 5.41) is 3.17. The number of hydrogen-bond donors (Lipinski definition) is 2. The minimum absolute atomic E-state index is 0.111. The smallest absolute Gasteiger partial charge is 0.251 e. The standard InChI is InChI=1S/C12H19N3O2/c1-3-13-8-9-7-10(16)15-11(14-9)12(2)5-4-6-17-12/h7,13H,3-6,8H2,1-2H3,(H,14,15,16). The van der Waals surface area contributed by atoms with Gasteiger partial charge in [0.15, 0.2) is 0 Å². The van der Waals surface area contributed by atoms with Crippen LogP contribution in [-0.2, 0) is 16.9 Å². The van der Waals surface area contributed by atoms with Gasteiger partial charge in [-0.15, -0.1) is 0 Å². The molecule has 1 atom stereocenters. The monoisotopic (exact) mass is 237 g/mol. The highest BCUT2D eigenvalue weighted by atomic mass is 16.5. The molecule has 0 radical (unpaired) electrons. The molecule has 0 aromatic carbocycles. The molecule has 1 fully saturated rings. The van der Waals surface area contributed by atoms with Crippen LogP contribution in [0.15, 0.2) is 10.9 Å². The molecule has 2 rings (SSSR count). The molecule has 1 saturated heterocycles. The number of nitrogens with one attached hydrogen (secondary N) is 2. The molecule has 1 aromatic rings. The minimum atomic E-state index is -0.429. The molecule has 5 heteroatoms. The zero-order chi connectivity index (χ0) is 12.3. The van der Waals surface area contributed by atoms with Gasteiger partial charge in [-0.1, -0.05) is 6.92 Å². The number of rotatable bonds is 4. The first-order valence-electron chi connectivity index (χ1n) is 6.09. The fourth-order valence-corrected chi connectivity index (χ4v) is 2.07. The Hall–Kier alpha value is -1.20. The van der Waals surface area contributed by atoms with Crippen molar-refractivity contribution in [3.05, 3.63) is 27.9 Å². The summed E-state index contributed by atoms with van der Waals surface area (Å²) in [5.74, 6) is 0.649. The normalized spacial score (nSPS) is 24.1. The highest BCUT2D eigenvalue weighted by Crippen LogP contribution is 2.32. The fourth-order valence-electron chi connectivity index (χ4n) is 2.07. The van der Waals surface area contributed by atoms with Crippen LogP contribution in [0.5, 0.6) is 0 Å². The van der Waals surface area contributed by atoms with E-state index in [0.717, 1.165) is 31.7 Å². The molecule has 2 N–H and O–H groups in total. The Balaban J connectivity index is 2.28. The van der Waals surface area contributed by atoms with Crippen LogP contribution in [0.1, 0.15) is 38.2 Å². The second kappa shape index (κ2) is 4.98. The third-order valence-electron chi connectivity index (χ3n) is 3.07. The van der Waals surface area contributed by atoms with Crippen LogP contribution in [0.25, 0.3) is 0 Å². The molecule has 0 bridgehead atoms. The van der Waals surface area contributed by atoms with E-state index in [1.807, 2.05) is 13.8 Å². The lowest BCUT2D eigenvalue weighted by Crippen LogP contribution is -2.28. The number of hydrogen-bond acceptors (Lipinski definition) is 4. The Kier molecular flexibility index (Phi) is 3.59. The van der Waals surface area contributed by atoms with Crippen LogP contribution in [0.3, 0.4) is 0 Å². The van der Waals surface area contributed by atoms with Gasteiger partial charge in [-0.05, 0) is 26.3 Å². The Morgan fingerprint density at radius 1 is 1.65 bits per heavy atom. The SMILES string of the molecule is CCNCc1cc(=O)[nH]c(C2(C)CCCO2)n1. The minimum Gasteiger partial charge on any atom is -0.367 e. The predicted molar refractivity (Wildman–Crippen MR) is 64.8 cm³/mol. The van der Waals surface area contributed by atoms with E-state index in [2.05, 4.69) is 15.3 Å². The van der Waals surface area contributed by atoms with Gasteiger partial charge in [0, 0.05) is 19.2 Å². The van der Waals surface area contributed by atoms with Gasteiger partial charge in [0.25, 0.3) is 5.56 Å². The highest BCUT2D eigenvalue weighted by molar-refractivity contribution is 5.09. The summed E-state index contributed by atoms with van der Waals surface area (Å²) in [4.78, 5) is 18.9. The van der Waals surface area contributed by atoms with E-state index in [-0.39, 0.29) is 5.56 Å². The van der Waals surface area contributed by atoms with Crippen molar-refractivity contribution in [3.8, 4) is 0 Å². The summed E-state index contributed by atoms with van der Waals surface area (Å²) in [5.41, 5.74) is 0.225. The Morgan fingerprint density at radius 3 is 3.12 bits per heavy atom. The molecule has 94 valence electrons. The lowest BCUT2D eigenvalue weighted by Gasteiger charge is -2.22. The van der Waals surface area contributed by atoms with E-state index in [4.69, 9.17) is 4.74 Å². The molecule has 5 nitrogen and oxygen atoms in total. The van der Waals surface area contributed by atoms with E-state index >= 15 is 0 Å². The average molecular weight is 237 g/mol. The molecule has 0 amide bonds. The average Bonchev–Trinajstić information content (AvgIpc) is 2.74. The summed E-state index contributed by atoms with van der Waals surface area (Å²) >= 11 is 0. The van der Waals surface area contributed by atoms with Crippen molar-refractivity contribution < 1.29 is 4.74 Å². The molecule has 17 heavy (non-hydrogen) atoms. The summed E-state index contributed by atoms with van der Waals surface area (Å²) in [6, 6.07) is 1.53. The zero-order valence-corrected chi connectivity index (χ0v) is 10.4. The number of aromatic nitrogens is 2. The van der Waals surface area contributed by atoms with E-state index in [0.29, 0.717) is 12.4 Å². The first-order chi connectivity index (χ1) is 8.14. The molecule has 2 heterocycles. The molecule has 0 aliphatic carbocycles. The van der Waals surface area contributed by atoms with Gasteiger partial charge >= 0.3 is 0 Å². The number of aromatic amines is 1. The lowest BCUT2D eigenvalue weighted by molar-refractivity contribution is 0.00893. The van der Waals surface area contributed by atoms with Gasteiger partial charge in [-0.25, -0.2) is 4.98 Å². The van der Waals surface area contributed by atoms with Crippen molar-refractivity contribution in [2.75, 3.05) is 13.2 Å². The molecule has 0 saturated carbocycles. The number of ether oxygens (including phenoxy) is 1. The van der Waals surface area contributed by atoms with Gasteiger partial charge in [-0.2, -0.15) is 0 Å². The van der Waals surface area contributed by atoms with Crippen LogP contribution >= 0.6 is 0 Å². The van der Waals surface area contributed by atoms with Crippen LogP contribution in [0.4, 0.5) is 0 Å². The van der Waals surface area contributed by atoms with Crippen molar-refractivity contribution in [1.82, 2.24) is 15.3 Å². The second-order valence-corrected chi connectivity index (χ2v) is 4.55. The van der Waals surface area contributed by atoms with Crippen molar-refractivity contribution >= 4 is 0 Å². The fraction of sp³-hybridized carbons (Fsp3) is 0.667. The van der Waals surface area contributed by atoms with E-state index in [9.17, 15) is 4.79 Å². The molecular formula is C12H19N3O2. The summed E-state index contributed by atoms with van der Waals surface area (Å²) in [6.45, 7) is 6.21. The maximum Gasteiger partial charge on any atom is 0.251 e. The molecule has 1 aliphatic heterocycles. The molecule has 1 aliphatic rings. The van der Waals surface area contributed by atoms with Gasteiger partial charge < -0.3 is 15.0 Å². The van der Waals surface area contributed by atoms with Crippen LogP contribution in [-0.4, -0.2) is 23.1 Å². The Bertz CT molecular complexity index is 436. The van der Waals surface area contributed by atoms with Crippen molar-refractivity contribution in [2.24, 2.45) is 0 Å². The maximum absolute atomic E-state index is 11.6. The third kappa shape index (κ3) is 2.73. The largest absolute Gasteiger partial charge is 0.367 e. The highest BCUT2D eigenvalue weighted by Gasteiger charge is 2.34. The van der Waals surface area contributed by atoms with Gasteiger partial charge in [0.05, 0.1) is 5.69 Å². The van der Waals surface area contributed by atoms with Gasteiger partial charge in [0.2, 0.25) is 0 Å². The zero-order valence-electron chi connectivity index (χ0n) is 10.4. The topological polar surface area (TPSA) is 67.0 Å². The van der Waals surface area contributed by atoms with E-state index in [1.165, 1.54) is 6.07 Å². The first kappa shape index (κ1) is 12.3. The van der Waals surface area contributed by atoms with E-state index < -0.39 is 5.60 Å². The number of H-pyrrole nitrogens is 1. The van der Waals surface area contributed by atoms with Gasteiger partial charge in [0.1, 0.15) is 11.4 Å². The predicted octanol–water partition coefficient (Wildman–Crippen LogP) is 0.905. The third-order valence-corrected chi connectivity index (χ3v) is 3.07. The van der Waals surface area contributed by atoms with E-state index in [1.54, 1.807) is 0 Å². The first-order valence-corrected chi connectivity index (χ1v) is 6.09. The quantitative estimate of drug-likeness (QED) is 0.816. The van der Waals surface area contributed by atoms with Crippen LogP contribution in [0.2, 0.25) is 0 Å². The molecule has 0 spiro atoms. The summed E-state index contributed by atoms with van der Waals surface area (Å²) in [6.07, 6.45) is 1.91. The maximum atomic E-state index is 11.6. The second-order valence-electron chi connectivity index (χ2n) is 4.55. The summed E-state index contributed by atoms with van der Waals surface area (Å²) in [7, 11) is 0. The molecular weight excluding hydrogens is 218 g/mol. The van der Waals surface area contributed by atoms with Crippen LogP contribution < -0.4 is 10.9 Å². The van der Waals surface area contributed by atoms with Gasteiger partial charge in [-0.3, -0.25) is 4.79 Å². The van der Waals surface area contributed by atoms with Crippen molar-refractivity contribution in [2.45, 2.75) is 38.8 Å². The Labute approximate surface area is 101 Å². The Morgan fingerprint density at radius 2 is 2.47 bits per heavy atom. The number of nitrogens with zero attached hydrogens (tertiary/aromatic N) is 1. The lowest BCUT2D eigenvalue weighted by atomic mass is 10.0. The van der Waals surface area contributed by atoms with Crippen molar-refractivity contribution in [1.29, 1.82) is 0 Å². The molecule has 1 unspecified atom stereocenters. The summed E-state index contributed by atoms with van der Waals surface area (Å²) < 4.78 is 5.69. The van der Waals surface area contributed by atoms with Crippen molar-refractivity contribution in [3.63, 3.8) is 0 Å². The van der Waals surface area contributed by atoms with Crippen LogP contribution in [0, 0.1) is 0 Å². The molecule has 1 aromatic heterocycles.